The van der Waals surface area contributed by atoms with Gasteiger partial charge in [-0.1, -0.05) is 0 Å². The number of thiophene rings is 1. The van der Waals surface area contributed by atoms with Crippen LogP contribution in [-0.4, -0.2) is 4.92 Å². The van der Waals surface area contributed by atoms with Crippen LogP contribution >= 0.6 is 11.3 Å². The van der Waals surface area contributed by atoms with Gasteiger partial charge in [0.15, 0.2) is 5.82 Å². The molecule has 1 aromatic heterocycles. The third-order valence-corrected chi connectivity index (χ3v) is 2.82. The van der Waals surface area contributed by atoms with E-state index in [1.165, 1.54) is 17.4 Å². The summed E-state index contributed by atoms with van der Waals surface area (Å²) in [6, 6.07) is 2.82. The minimum Gasteiger partial charge on any atom is -0.391 e. The van der Waals surface area contributed by atoms with Crippen LogP contribution in [0.5, 0.6) is 0 Å². The van der Waals surface area contributed by atoms with E-state index in [1.807, 2.05) is 0 Å². The number of nitrogen functional groups attached to an aromatic ring is 1. The zero-order valence-electron chi connectivity index (χ0n) is 6.86. The molecule has 6 heteroatoms. The molecule has 2 aromatic rings. The summed E-state index contributed by atoms with van der Waals surface area (Å²) < 4.78 is 13.5. The fraction of sp³-hybridized carbons (Fsp3) is 0. The standard InChI is InChI=1S/C8H5FN2O2S/c9-5-3-4-1-2-14-8(4)7(6(5)10)11(12)13/h1-3H,10H2. The fourth-order valence-electron chi connectivity index (χ4n) is 1.26. The van der Waals surface area contributed by atoms with Gasteiger partial charge in [-0.15, -0.1) is 11.3 Å². The molecule has 0 unspecified atom stereocenters. The number of rotatable bonds is 1. The maximum Gasteiger partial charge on any atom is 0.312 e. The van der Waals surface area contributed by atoms with Gasteiger partial charge in [0.1, 0.15) is 10.4 Å². The van der Waals surface area contributed by atoms with Crippen molar-refractivity contribution in [3.63, 3.8) is 0 Å². The molecular weight excluding hydrogens is 207 g/mol. The third-order valence-electron chi connectivity index (χ3n) is 1.89. The second-order valence-electron chi connectivity index (χ2n) is 2.72. The maximum atomic E-state index is 13.1. The normalized spacial score (nSPS) is 10.6. The van der Waals surface area contributed by atoms with Crippen molar-refractivity contribution < 1.29 is 9.31 Å². The van der Waals surface area contributed by atoms with Crippen molar-refractivity contribution in [1.82, 2.24) is 0 Å². The number of halogens is 1. The first-order valence-corrected chi connectivity index (χ1v) is 4.59. The minimum atomic E-state index is -0.748. The number of fused-ring (bicyclic) bond motifs is 1. The van der Waals surface area contributed by atoms with E-state index in [-0.39, 0.29) is 5.69 Å². The Morgan fingerprint density at radius 3 is 2.93 bits per heavy atom. The van der Waals surface area contributed by atoms with Gasteiger partial charge in [0.05, 0.1) is 4.92 Å². The van der Waals surface area contributed by atoms with Gasteiger partial charge in [0.2, 0.25) is 0 Å². The lowest BCUT2D eigenvalue weighted by atomic mass is 10.2. The smallest absolute Gasteiger partial charge is 0.312 e. The van der Waals surface area contributed by atoms with Crippen molar-refractivity contribution in [2.24, 2.45) is 0 Å². The molecule has 0 bridgehead atoms. The molecule has 0 aliphatic rings. The largest absolute Gasteiger partial charge is 0.391 e. The molecule has 0 spiro atoms. The van der Waals surface area contributed by atoms with E-state index in [2.05, 4.69) is 0 Å². The van der Waals surface area contributed by atoms with Gasteiger partial charge >= 0.3 is 5.69 Å². The number of benzene rings is 1. The Bertz CT molecular complexity index is 523. The van der Waals surface area contributed by atoms with E-state index in [9.17, 15) is 14.5 Å². The summed E-state index contributed by atoms with van der Waals surface area (Å²) in [5.74, 6) is -0.748. The lowest BCUT2D eigenvalue weighted by Gasteiger charge is -1.99. The summed E-state index contributed by atoms with van der Waals surface area (Å²) in [5, 5.41) is 12.8. The van der Waals surface area contributed by atoms with Crippen LogP contribution in [0.1, 0.15) is 0 Å². The summed E-state index contributed by atoms with van der Waals surface area (Å²) in [4.78, 5) is 10.00. The van der Waals surface area contributed by atoms with E-state index in [1.54, 1.807) is 11.4 Å². The van der Waals surface area contributed by atoms with Gasteiger partial charge in [0, 0.05) is 5.39 Å². The fourth-order valence-corrected chi connectivity index (χ4v) is 2.17. The Balaban J connectivity index is 2.93. The van der Waals surface area contributed by atoms with Crippen molar-refractivity contribution in [2.75, 3.05) is 5.73 Å². The molecule has 0 aliphatic carbocycles. The zero-order valence-corrected chi connectivity index (χ0v) is 7.68. The number of anilines is 1. The molecule has 1 aromatic carbocycles. The molecule has 0 saturated carbocycles. The van der Waals surface area contributed by atoms with Crippen molar-refractivity contribution >= 4 is 32.8 Å². The Kier molecular flexibility index (Phi) is 1.85. The summed E-state index contributed by atoms with van der Waals surface area (Å²) in [7, 11) is 0. The maximum absolute atomic E-state index is 13.1. The van der Waals surface area contributed by atoms with Crippen molar-refractivity contribution in [3.05, 3.63) is 33.4 Å². The molecule has 0 fully saturated rings. The molecule has 0 aliphatic heterocycles. The number of nitrogens with zero attached hydrogens (tertiary/aromatic N) is 1. The summed E-state index contributed by atoms with van der Waals surface area (Å²) in [5.41, 5.74) is 4.56. The minimum absolute atomic E-state index is 0.338. The lowest BCUT2D eigenvalue weighted by Crippen LogP contribution is -1.98. The van der Waals surface area contributed by atoms with Crippen LogP contribution in [0.25, 0.3) is 10.1 Å². The van der Waals surface area contributed by atoms with E-state index < -0.39 is 16.4 Å². The first-order chi connectivity index (χ1) is 6.61. The third kappa shape index (κ3) is 1.12. The number of nitro groups is 1. The average molecular weight is 212 g/mol. The van der Waals surface area contributed by atoms with Gasteiger partial charge in [-0.25, -0.2) is 4.39 Å². The van der Waals surface area contributed by atoms with Crippen LogP contribution in [0.4, 0.5) is 15.8 Å². The van der Waals surface area contributed by atoms with E-state index >= 15 is 0 Å². The highest BCUT2D eigenvalue weighted by molar-refractivity contribution is 7.17. The second-order valence-corrected chi connectivity index (χ2v) is 3.63. The van der Waals surface area contributed by atoms with E-state index in [4.69, 9.17) is 5.73 Å². The van der Waals surface area contributed by atoms with Crippen molar-refractivity contribution in [3.8, 4) is 0 Å². The van der Waals surface area contributed by atoms with E-state index in [0.717, 1.165) is 0 Å². The van der Waals surface area contributed by atoms with Gasteiger partial charge in [-0.3, -0.25) is 10.1 Å². The average Bonchev–Trinajstić information content (AvgIpc) is 2.52. The van der Waals surface area contributed by atoms with E-state index in [0.29, 0.717) is 10.1 Å². The van der Waals surface area contributed by atoms with Crippen molar-refractivity contribution in [1.29, 1.82) is 0 Å². The number of hydrogen-bond acceptors (Lipinski definition) is 4. The number of nitro benzene ring substituents is 1. The highest BCUT2D eigenvalue weighted by Crippen LogP contribution is 2.36. The van der Waals surface area contributed by atoms with Gasteiger partial charge in [-0.05, 0) is 17.5 Å². The molecule has 14 heavy (non-hydrogen) atoms. The zero-order chi connectivity index (χ0) is 10.3. The Labute approximate surface area is 81.9 Å². The lowest BCUT2D eigenvalue weighted by molar-refractivity contribution is -0.382. The quantitative estimate of drug-likeness (QED) is 0.448. The SMILES string of the molecule is Nc1c(F)cc2ccsc2c1[N+](=O)[O-]. The molecule has 4 nitrogen and oxygen atoms in total. The first kappa shape index (κ1) is 8.89. The molecule has 72 valence electrons. The topological polar surface area (TPSA) is 69.2 Å². The Morgan fingerprint density at radius 2 is 2.29 bits per heavy atom. The molecule has 1 heterocycles. The van der Waals surface area contributed by atoms with Crippen LogP contribution in [0.3, 0.4) is 0 Å². The van der Waals surface area contributed by atoms with Crippen molar-refractivity contribution in [2.45, 2.75) is 0 Å². The van der Waals surface area contributed by atoms with Crippen LogP contribution in [0, 0.1) is 15.9 Å². The highest BCUT2D eigenvalue weighted by Gasteiger charge is 2.21. The molecule has 0 radical (unpaired) electrons. The van der Waals surface area contributed by atoms with Gasteiger partial charge < -0.3 is 5.73 Å². The summed E-state index contributed by atoms with van der Waals surface area (Å²) in [6.45, 7) is 0. The molecule has 0 amide bonds. The summed E-state index contributed by atoms with van der Waals surface area (Å²) >= 11 is 1.18. The van der Waals surface area contributed by atoms with Crippen LogP contribution in [-0.2, 0) is 0 Å². The predicted molar refractivity (Wildman–Crippen MR) is 52.8 cm³/mol. The second kappa shape index (κ2) is 2.91. The molecule has 2 rings (SSSR count). The highest BCUT2D eigenvalue weighted by atomic mass is 32.1. The van der Waals surface area contributed by atoms with Crippen LogP contribution in [0.15, 0.2) is 17.5 Å². The monoisotopic (exact) mass is 212 g/mol. The molecule has 0 atom stereocenters. The Morgan fingerprint density at radius 1 is 1.57 bits per heavy atom. The van der Waals surface area contributed by atoms with Gasteiger partial charge in [0.25, 0.3) is 0 Å². The molecule has 0 saturated heterocycles. The van der Waals surface area contributed by atoms with Crippen LogP contribution in [0.2, 0.25) is 0 Å². The van der Waals surface area contributed by atoms with Gasteiger partial charge in [-0.2, -0.15) is 0 Å². The van der Waals surface area contributed by atoms with Crippen LogP contribution < -0.4 is 5.73 Å². The Hall–Kier alpha value is -1.69. The summed E-state index contributed by atoms with van der Waals surface area (Å²) in [6.07, 6.45) is 0. The molecule has 2 N–H and O–H groups in total. The predicted octanol–water partition coefficient (Wildman–Crippen LogP) is 2.53. The number of hydrogen-bond donors (Lipinski definition) is 1. The number of nitrogens with two attached hydrogens (primary N) is 1. The molecular formula is C8H5FN2O2S. The first-order valence-electron chi connectivity index (χ1n) is 3.71.